The SMILES string of the molecule is COc1cc(COc2cccc(-c3ccc(CN4CCN(C(=O)O)CC4)cc3)c2)c2cc(-c3cn4nc(C)sc4n3)oc2c1. The van der Waals surface area contributed by atoms with Crippen LogP contribution in [0.5, 0.6) is 11.5 Å². The van der Waals surface area contributed by atoms with Crippen molar-refractivity contribution < 1.29 is 23.8 Å². The highest BCUT2D eigenvalue weighted by atomic mass is 32.1. The number of carboxylic acid groups (broad SMARTS) is 1. The Morgan fingerprint density at radius 1 is 1.00 bits per heavy atom. The van der Waals surface area contributed by atoms with Gasteiger partial charge >= 0.3 is 6.09 Å². The van der Waals surface area contributed by atoms with Gasteiger partial charge in [0.1, 0.15) is 34.4 Å². The molecule has 1 amide bonds. The Morgan fingerprint density at radius 3 is 2.57 bits per heavy atom. The zero-order valence-corrected chi connectivity index (χ0v) is 25.2. The third kappa shape index (κ3) is 5.71. The molecule has 1 N–H and O–H groups in total. The number of piperazine rings is 1. The molecule has 4 heterocycles. The van der Waals surface area contributed by atoms with Crippen LogP contribution in [0.25, 0.3) is 38.5 Å². The van der Waals surface area contributed by atoms with E-state index in [-0.39, 0.29) is 0 Å². The van der Waals surface area contributed by atoms with Crippen LogP contribution >= 0.6 is 11.3 Å². The number of amides is 1. The van der Waals surface area contributed by atoms with Gasteiger partial charge in [0.2, 0.25) is 4.96 Å². The fourth-order valence-corrected chi connectivity index (χ4v) is 6.27. The van der Waals surface area contributed by atoms with E-state index in [1.54, 1.807) is 11.6 Å². The molecule has 10 nitrogen and oxygen atoms in total. The van der Waals surface area contributed by atoms with E-state index in [2.05, 4.69) is 45.3 Å². The molecule has 3 aromatic carbocycles. The van der Waals surface area contributed by atoms with E-state index in [0.29, 0.717) is 36.8 Å². The van der Waals surface area contributed by atoms with Crippen LogP contribution in [0.2, 0.25) is 0 Å². The largest absolute Gasteiger partial charge is 0.497 e. The van der Waals surface area contributed by atoms with Gasteiger partial charge in [0, 0.05) is 49.7 Å². The lowest BCUT2D eigenvalue weighted by Crippen LogP contribution is -2.47. The van der Waals surface area contributed by atoms with Gasteiger partial charge in [0.25, 0.3) is 0 Å². The average Bonchev–Trinajstić information content (AvgIpc) is 3.73. The summed E-state index contributed by atoms with van der Waals surface area (Å²) < 4.78 is 19.8. The van der Waals surface area contributed by atoms with Crippen molar-refractivity contribution in [3.05, 3.63) is 89.1 Å². The lowest BCUT2D eigenvalue weighted by atomic mass is 10.0. The molecule has 1 aliphatic heterocycles. The zero-order valence-electron chi connectivity index (χ0n) is 24.4. The fraction of sp³-hybridized carbons (Fsp3) is 0.242. The average molecular weight is 610 g/mol. The van der Waals surface area contributed by atoms with E-state index in [4.69, 9.17) is 13.9 Å². The third-order valence-corrected chi connectivity index (χ3v) is 8.73. The topological polar surface area (TPSA) is 106 Å². The van der Waals surface area contributed by atoms with Crippen LogP contribution in [0, 0.1) is 6.92 Å². The summed E-state index contributed by atoms with van der Waals surface area (Å²) in [5.41, 5.74) is 5.75. The van der Waals surface area contributed by atoms with Gasteiger partial charge < -0.3 is 23.9 Å². The molecule has 0 aliphatic carbocycles. The van der Waals surface area contributed by atoms with Crippen molar-refractivity contribution in [3.63, 3.8) is 0 Å². The fourth-order valence-electron chi connectivity index (χ4n) is 5.55. The highest BCUT2D eigenvalue weighted by Crippen LogP contribution is 2.34. The number of methoxy groups -OCH3 is 1. The van der Waals surface area contributed by atoms with Crippen LogP contribution in [0.4, 0.5) is 4.79 Å². The van der Waals surface area contributed by atoms with Gasteiger partial charge in [0.15, 0.2) is 5.76 Å². The standard InChI is InChI=1S/C33H31N5O5S/c1-21-35-38-19-29(34-32(38)44-21)31-17-28-25(15-27(41-2)16-30(28)43-31)20-42-26-5-3-4-24(14-26)23-8-6-22(7-9-23)18-36-10-12-37(13-11-36)33(39)40/h3-9,14-17,19H,10-13,18,20H2,1-2H3,(H,39,40). The number of fused-ring (bicyclic) bond motifs is 2. The number of rotatable bonds is 8. The Balaban J connectivity index is 1.05. The van der Waals surface area contributed by atoms with Crippen LogP contribution < -0.4 is 9.47 Å². The molecule has 224 valence electrons. The lowest BCUT2D eigenvalue weighted by molar-refractivity contribution is 0.103. The molecule has 0 radical (unpaired) electrons. The Labute approximate surface area is 257 Å². The molecule has 7 rings (SSSR count). The number of furan rings is 1. The van der Waals surface area contributed by atoms with Gasteiger partial charge in [-0.3, -0.25) is 4.90 Å². The van der Waals surface area contributed by atoms with Gasteiger partial charge in [-0.05, 0) is 47.9 Å². The van der Waals surface area contributed by atoms with Crippen LogP contribution in [0.1, 0.15) is 16.1 Å². The molecule has 0 bridgehead atoms. The van der Waals surface area contributed by atoms with E-state index in [0.717, 1.165) is 63.1 Å². The van der Waals surface area contributed by atoms with Gasteiger partial charge in [0.05, 0.1) is 13.3 Å². The molecule has 6 aromatic rings. The van der Waals surface area contributed by atoms with Crippen molar-refractivity contribution in [2.75, 3.05) is 33.3 Å². The number of imidazole rings is 1. The maximum absolute atomic E-state index is 11.2. The quantitative estimate of drug-likeness (QED) is 0.207. The van der Waals surface area contributed by atoms with E-state index < -0.39 is 6.09 Å². The molecular weight excluding hydrogens is 578 g/mol. The van der Waals surface area contributed by atoms with Crippen molar-refractivity contribution in [1.82, 2.24) is 24.4 Å². The first kappa shape index (κ1) is 27.9. The molecule has 0 saturated carbocycles. The summed E-state index contributed by atoms with van der Waals surface area (Å²) in [5.74, 6) is 2.12. The molecule has 44 heavy (non-hydrogen) atoms. The van der Waals surface area contributed by atoms with Gasteiger partial charge in [-0.1, -0.05) is 47.7 Å². The van der Waals surface area contributed by atoms with E-state index in [1.165, 1.54) is 21.8 Å². The van der Waals surface area contributed by atoms with Crippen LogP contribution in [0.15, 0.2) is 77.3 Å². The normalized spacial score (nSPS) is 14.0. The summed E-state index contributed by atoms with van der Waals surface area (Å²) in [6, 6.07) is 22.4. The first-order valence-corrected chi connectivity index (χ1v) is 15.2. The number of ether oxygens (including phenoxy) is 2. The van der Waals surface area contributed by atoms with Crippen molar-refractivity contribution in [2.24, 2.45) is 0 Å². The Hall–Kier alpha value is -4.87. The maximum Gasteiger partial charge on any atom is 0.407 e. The second kappa shape index (κ2) is 11.7. The molecule has 1 fully saturated rings. The summed E-state index contributed by atoms with van der Waals surface area (Å²) in [4.78, 5) is 20.4. The first-order chi connectivity index (χ1) is 21.4. The molecule has 1 aliphatic rings. The predicted octanol–water partition coefficient (Wildman–Crippen LogP) is 6.56. The highest BCUT2D eigenvalue weighted by molar-refractivity contribution is 7.16. The Morgan fingerprint density at radius 2 is 1.82 bits per heavy atom. The minimum atomic E-state index is -0.842. The number of hydrogen-bond donors (Lipinski definition) is 1. The molecular formula is C33H31N5O5S. The molecule has 0 unspecified atom stereocenters. The Kier molecular flexibility index (Phi) is 7.41. The van der Waals surface area contributed by atoms with Crippen molar-refractivity contribution in [3.8, 4) is 34.1 Å². The van der Waals surface area contributed by atoms with Gasteiger partial charge in [-0.2, -0.15) is 5.10 Å². The second-order valence-electron chi connectivity index (χ2n) is 10.8. The van der Waals surface area contributed by atoms with Gasteiger partial charge in [-0.15, -0.1) is 0 Å². The minimum Gasteiger partial charge on any atom is -0.497 e. The van der Waals surface area contributed by atoms with Gasteiger partial charge in [-0.25, -0.2) is 14.3 Å². The smallest absolute Gasteiger partial charge is 0.407 e. The summed E-state index contributed by atoms with van der Waals surface area (Å²) in [6.45, 7) is 5.68. The summed E-state index contributed by atoms with van der Waals surface area (Å²) in [5, 5.41) is 15.5. The van der Waals surface area contributed by atoms with Crippen LogP contribution in [-0.4, -0.2) is 68.9 Å². The summed E-state index contributed by atoms with van der Waals surface area (Å²) >= 11 is 1.54. The monoisotopic (exact) mass is 609 g/mol. The van der Waals surface area contributed by atoms with E-state index in [1.807, 2.05) is 49.5 Å². The number of hydrogen-bond acceptors (Lipinski definition) is 8. The maximum atomic E-state index is 11.2. The number of aromatic nitrogens is 3. The number of nitrogens with zero attached hydrogens (tertiary/aromatic N) is 5. The summed E-state index contributed by atoms with van der Waals surface area (Å²) in [7, 11) is 1.64. The first-order valence-electron chi connectivity index (χ1n) is 14.4. The molecule has 1 saturated heterocycles. The molecule has 11 heteroatoms. The van der Waals surface area contributed by atoms with Crippen molar-refractivity contribution >= 4 is 33.4 Å². The van der Waals surface area contributed by atoms with E-state index >= 15 is 0 Å². The molecule has 3 aromatic heterocycles. The van der Waals surface area contributed by atoms with Crippen molar-refractivity contribution in [1.29, 1.82) is 0 Å². The number of benzene rings is 3. The lowest BCUT2D eigenvalue weighted by Gasteiger charge is -2.33. The van der Waals surface area contributed by atoms with Crippen LogP contribution in [-0.2, 0) is 13.2 Å². The zero-order chi connectivity index (χ0) is 30.2. The highest BCUT2D eigenvalue weighted by Gasteiger charge is 2.20. The molecule has 0 atom stereocenters. The minimum absolute atomic E-state index is 0.337. The van der Waals surface area contributed by atoms with E-state index in [9.17, 15) is 9.90 Å². The summed E-state index contributed by atoms with van der Waals surface area (Å²) in [6.07, 6.45) is 1.04. The van der Waals surface area contributed by atoms with Crippen molar-refractivity contribution in [2.45, 2.75) is 20.1 Å². The third-order valence-electron chi connectivity index (χ3n) is 7.89. The number of carbonyl (C=O) groups is 1. The molecule has 0 spiro atoms. The van der Waals surface area contributed by atoms with Crippen LogP contribution in [0.3, 0.4) is 0 Å². The second-order valence-corrected chi connectivity index (χ2v) is 12.0. The Bertz CT molecular complexity index is 1920. The predicted molar refractivity (Wildman–Crippen MR) is 168 cm³/mol. The number of aryl methyl sites for hydroxylation is 1.